The minimum atomic E-state index is -0.147. The van der Waals surface area contributed by atoms with E-state index in [9.17, 15) is 9.59 Å². The largest absolute Gasteiger partial charge is 0.493 e. The molecule has 1 aliphatic heterocycles. The molecule has 0 saturated carbocycles. The van der Waals surface area contributed by atoms with E-state index < -0.39 is 0 Å². The normalized spacial score (nSPS) is 15.4. The van der Waals surface area contributed by atoms with Gasteiger partial charge < -0.3 is 19.7 Å². The molecule has 1 saturated heterocycles. The molecule has 0 unspecified atom stereocenters. The van der Waals surface area contributed by atoms with Crippen molar-refractivity contribution in [2.24, 2.45) is 0 Å². The molecular weight excluding hydrogens is 316 g/mol. The summed E-state index contributed by atoms with van der Waals surface area (Å²) in [7, 11) is 3.16. The van der Waals surface area contributed by atoms with Crippen LogP contribution >= 0.6 is 11.8 Å². The number of nitrogens with one attached hydrogen (secondary N) is 1. The van der Waals surface area contributed by atoms with E-state index in [2.05, 4.69) is 5.32 Å². The van der Waals surface area contributed by atoms with Crippen molar-refractivity contribution in [2.45, 2.75) is 19.4 Å². The average molecular weight is 338 g/mol. The second kappa shape index (κ2) is 8.10. The number of carbonyl (C=O) groups excluding carboxylic acids is 2. The number of benzene rings is 1. The Kier molecular flexibility index (Phi) is 6.15. The zero-order chi connectivity index (χ0) is 16.8. The van der Waals surface area contributed by atoms with Crippen LogP contribution in [0.25, 0.3) is 0 Å². The number of carbonyl (C=O) groups is 2. The molecule has 0 bridgehead atoms. The molecule has 0 radical (unpaired) electrons. The van der Waals surface area contributed by atoms with Gasteiger partial charge in [0.25, 0.3) is 5.24 Å². The highest BCUT2D eigenvalue weighted by atomic mass is 32.2. The van der Waals surface area contributed by atoms with E-state index in [0.29, 0.717) is 24.5 Å². The lowest BCUT2D eigenvalue weighted by Gasteiger charge is -2.18. The van der Waals surface area contributed by atoms with Gasteiger partial charge in [0.1, 0.15) is 0 Å². The molecule has 0 spiro atoms. The Bertz CT molecular complexity index is 579. The molecular formula is C16H22N2O4S. The van der Waals surface area contributed by atoms with Crippen molar-refractivity contribution in [1.29, 1.82) is 0 Å². The Morgan fingerprint density at radius 1 is 1.35 bits per heavy atom. The summed E-state index contributed by atoms with van der Waals surface area (Å²) in [5.41, 5.74) is 0.934. The summed E-state index contributed by atoms with van der Waals surface area (Å²) in [5.74, 6) is 2.02. The van der Waals surface area contributed by atoms with E-state index in [1.807, 2.05) is 25.1 Å². The van der Waals surface area contributed by atoms with Gasteiger partial charge in [-0.1, -0.05) is 17.8 Å². The third kappa shape index (κ3) is 4.54. The number of ether oxygens (including phenoxy) is 2. The van der Waals surface area contributed by atoms with Crippen LogP contribution in [0.4, 0.5) is 4.79 Å². The standard InChI is InChI=1S/C16H22N2O4S/c1-11(12-4-5-13(21-2)14(10-12)22-3)17-15(19)6-7-18-8-9-23-16(18)20/h4-5,10-11H,6-9H2,1-3H3,(H,17,19)/t11-/m0/s1. The topological polar surface area (TPSA) is 67.9 Å². The molecule has 1 aliphatic rings. The minimum Gasteiger partial charge on any atom is -0.493 e. The molecule has 1 aromatic rings. The van der Waals surface area contributed by atoms with E-state index in [1.54, 1.807) is 19.1 Å². The SMILES string of the molecule is COc1ccc([C@H](C)NC(=O)CCN2CCSC2=O)cc1OC. The summed E-state index contributed by atoms with van der Waals surface area (Å²) in [6, 6.07) is 5.42. The molecule has 126 valence electrons. The van der Waals surface area contributed by atoms with Crippen molar-refractivity contribution in [3.63, 3.8) is 0 Å². The third-order valence-electron chi connectivity index (χ3n) is 3.74. The van der Waals surface area contributed by atoms with Crippen LogP contribution in [0.15, 0.2) is 18.2 Å². The maximum absolute atomic E-state index is 12.1. The van der Waals surface area contributed by atoms with Crippen LogP contribution in [0, 0.1) is 0 Å². The van der Waals surface area contributed by atoms with Crippen LogP contribution in [0.3, 0.4) is 0 Å². The maximum Gasteiger partial charge on any atom is 0.281 e. The summed E-state index contributed by atoms with van der Waals surface area (Å²) in [6.07, 6.45) is 0.309. The predicted octanol–water partition coefficient (Wildman–Crippen LogP) is 2.44. The highest BCUT2D eigenvalue weighted by molar-refractivity contribution is 8.13. The molecule has 1 fully saturated rings. The fourth-order valence-corrected chi connectivity index (χ4v) is 3.24. The number of thioether (sulfide) groups is 1. The minimum absolute atomic E-state index is 0.0609. The van der Waals surface area contributed by atoms with Crippen molar-refractivity contribution < 1.29 is 19.1 Å². The monoisotopic (exact) mass is 338 g/mol. The summed E-state index contributed by atoms with van der Waals surface area (Å²) in [4.78, 5) is 25.3. The second-order valence-electron chi connectivity index (χ2n) is 5.26. The lowest BCUT2D eigenvalue weighted by molar-refractivity contribution is -0.121. The van der Waals surface area contributed by atoms with Gasteiger partial charge in [-0.2, -0.15) is 0 Å². The van der Waals surface area contributed by atoms with Crippen molar-refractivity contribution in [1.82, 2.24) is 10.2 Å². The second-order valence-corrected chi connectivity index (χ2v) is 6.30. The Labute approximate surface area is 140 Å². The number of amides is 2. The Balaban J connectivity index is 1.89. The van der Waals surface area contributed by atoms with Crippen LogP contribution in [0.2, 0.25) is 0 Å². The van der Waals surface area contributed by atoms with Gasteiger partial charge in [-0.3, -0.25) is 9.59 Å². The fraction of sp³-hybridized carbons (Fsp3) is 0.500. The quantitative estimate of drug-likeness (QED) is 0.827. The van der Waals surface area contributed by atoms with Gasteiger partial charge in [0.2, 0.25) is 5.91 Å². The van der Waals surface area contributed by atoms with Crippen LogP contribution in [0.5, 0.6) is 11.5 Å². The fourth-order valence-electron chi connectivity index (χ4n) is 2.38. The van der Waals surface area contributed by atoms with Crippen molar-refractivity contribution in [3.8, 4) is 11.5 Å². The van der Waals surface area contributed by atoms with Crippen molar-refractivity contribution in [2.75, 3.05) is 33.1 Å². The lowest BCUT2D eigenvalue weighted by Crippen LogP contribution is -2.32. The molecule has 2 rings (SSSR count). The smallest absolute Gasteiger partial charge is 0.281 e. The van der Waals surface area contributed by atoms with Crippen LogP contribution in [-0.4, -0.2) is 49.1 Å². The van der Waals surface area contributed by atoms with Crippen LogP contribution in [-0.2, 0) is 4.79 Å². The number of rotatable bonds is 7. The number of nitrogens with zero attached hydrogens (tertiary/aromatic N) is 1. The molecule has 7 heteroatoms. The van der Waals surface area contributed by atoms with Gasteiger partial charge in [-0.25, -0.2) is 0 Å². The molecule has 0 aliphatic carbocycles. The van der Waals surface area contributed by atoms with Gasteiger partial charge in [-0.05, 0) is 24.6 Å². The van der Waals surface area contributed by atoms with Gasteiger partial charge in [0, 0.05) is 25.3 Å². The first-order valence-corrected chi connectivity index (χ1v) is 8.46. The molecule has 1 N–H and O–H groups in total. The highest BCUT2D eigenvalue weighted by Crippen LogP contribution is 2.29. The summed E-state index contributed by atoms with van der Waals surface area (Å²) >= 11 is 1.30. The first kappa shape index (κ1) is 17.5. The van der Waals surface area contributed by atoms with E-state index in [-0.39, 0.29) is 17.2 Å². The van der Waals surface area contributed by atoms with E-state index in [1.165, 1.54) is 11.8 Å². The molecule has 2 amide bonds. The van der Waals surface area contributed by atoms with Crippen LogP contribution < -0.4 is 14.8 Å². The van der Waals surface area contributed by atoms with E-state index in [4.69, 9.17) is 9.47 Å². The summed E-state index contributed by atoms with van der Waals surface area (Å²) in [6.45, 7) is 3.11. The third-order valence-corrected chi connectivity index (χ3v) is 4.63. The molecule has 6 nitrogen and oxygen atoms in total. The first-order chi connectivity index (χ1) is 11.0. The zero-order valence-electron chi connectivity index (χ0n) is 13.6. The molecule has 1 heterocycles. The van der Waals surface area contributed by atoms with Gasteiger partial charge >= 0.3 is 0 Å². The molecule has 23 heavy (non-hydrogen) atoms. The number of hydrogen-bond acceptors (Lipinski definition) is 5. The zero-order valence-corrected chi connectivity index (χ0v) is 14.4. The summed E-state index contributed by atoms with van der Waals surface area (Å²) in [5, 5.41) is 3.00. The number of methoxy groups -OCH3 is 2. The Hall–Kier alpha value is -1.89. The molecule has 1 atom stereocenters. The number of hydrogen-bond donors (Lipinski definition) is 1. The van der Waals surface area contributed by atoms with Crippen LogP contribution in [0.1, 0.15) is 24.9 Å². The van der Waals surface area contributed by atoms with Gasteiger partial charge in [0.15, 0.2) is 11.5 Å². The molecule has 1 aromatic carbocycles. The lowest BCUT2D eigenvalue weighted by atomic mass is 10.1. The van der Waals surface area contributed by atoms with Crippen molar-refractivity contribution in [3.05, 3.63) is 23.8 Å². The Morgan fingerprint density at radius 3 is 2.70 bits per heavy atom. The van der Waals surface area contributed by atoms with E-state index >= 15 is 0 Å². The highest BCUT2D eigenvalue weighted by Gasteiger charge is 2.21. The maximum atomic E-state index is 12.1. The molecule has 0 aromatic heterocycles. The predicted molar refractivity (Wildman–Crippen MR) is 90.1 cm³/mol. The summed E-state index contributed by atoms with van der Waals surface area (Å²) < 4.78 is 10.5. The van der Waals surface area contributed by atoms with E-state index in [0.717, 1.165) is 17.9 Å². The van der Waals surface area contributed by atoms with Crippen molar-refractivity contribution >= 4 is 22.9 Å². The van der Waals surface area contributed by atoms with Gasteiger partial charge in [0.05, 0.1) is 20.3 Å². The average Bonchev–Trinajstić information content (AvgIpc) is 2.97. The first-order valence-electron chi connectivity index (χ1n) is 7.48. The van der Waals surface area contributed by atoms with Gasteiger partial charge in [-0.15, -0.1) is 0 Å². The Morgan fingerprint density at radius 2 is 2.09 bits per heavy atom.